The van der Waals surface area contributed by atoms with Gasteiger partial charge in [-0.1, -0.05) is 0 Å². The molecular weight excluding hydrogens is 439 g/mol. The Morgan fingerprint density at radius 2 is 1.85 bits per heavy atom. The Morgan fingerprint density at radius 1 is 1.22 bits per heavy atom. The lowest BCUT2D eigenvalue weighted by molar-refractivity contribution is 0.550. The Kier molecular flexibility index (Phi) is 8.56. The summed E-state index contributed by atoms with van der Waals surface area (Å²) < 4.78 is 28.3. The number of nitrogens with two attached hydrogens (primary N) is 1. The first-order valence-electron chi connectivity index (χ1n) is 7.59. The summed E-state index contributed by atoms with van der Waals surface area (Å²) in [5, 5.41) is 3.02. The van der Waals surface area contributed by atoms with Crippen LogP contribution in [0, 0.1) is 18.6 Å². The van der Waals surface area contributed by atoms with Gasteiger partial charge in [0, 0.05) is 23.0 Å². The monoisotopic (exact) mass is 455 g/mol. The summed E-state index contributed by atoms with van der Waals surface area (Å²) in [6.45, 7) is 3.80. The fourth-order valence-corrected chi connectivity index (χ4v) is 4.01. The molecule has 11 heteroatoms. The molecular formula is C16H18Cl3F2N5S. The summed E-state index contributed by atoms with van der Waals surface area (Å²) >= 11 is 7.52. The number of fused-ring (bicyclic) bond motifs is 1. The number of hydrogen-bond donors (Lipinski definition) is 2. The standard InChI is InChI=1S/C16H16ClF2N5S.2ClH/c1-7(20)3-12-8(2)13-14(25-12)15(24-16(17)23-13)22-4-9-10(18)5-21-6-11(9)19;;/h5-7H,3-4,20H2,1-2H3,(H,22,23,24);2*1H/t7-;;/m0../s1. The van der Waals surface area contributed by atoms with Crippen LogP contribution in [-0.4, -0.2) is 21.0 Å². The highest BCUT2D eigenvalue weighted by molar-refractivity contribution is 7.19. The number of pyridine rings is 1. The number of halogens is 5. The van der Waals surface area contributed by atoms with Crippen molar-refractivity contribution in [1.29, 1.82) is 0 Å². The third-order valence-corrected chi connectivity index (χ3v) is 5.21. The molecule has 0 radical (unpaired) electrons. The van der Waals surface area contributed by atoms with E-state index in [0.717, 1.165) is 33.1 Å². The van der Waals surface area contributed by atoms with Crippen LogP contribution in [0.3, 0.4) is 0 Å². The number of thiophene rings is 1. The average molecular weight is 457 g/mol. The van der Waals surface area contributed by atoms with Gasteiger partial charge in [0.2, 0.25) is 5.28 Å². The molecule has 27 heavy (non-hydrogen) atoms. The Morgan fingerprint density at radius 3 is 2.44 bits per heavy atom. The Balaban J connectivity index is 0.00000182. The van der Waals surface area contributed by atoms with E-state index in [-0.39, 0.29) is 48.2 Å². The minimum atomic E-state index is -0.719. The second-order valence-electron chi connectivity index (χ2n) is 5.79. The highest BCUT2D eigenvalue weighted by Crippen LogP contribution is 2.35. The number of hydrogen-bond acceptors (Lipinski definition) is 6. The van der Waals surface area contributed by atoms with Crippen LogP contribution in [-0.2, 0) is 13.0 Å². The molecule has 0 saturated heterocycles. The second-order valence-corrected chi connectivity index (χ2v) is 7.23. The van der Waals surface area contributed by atoms with Crippen molar-refractivity contribution in [2.24, 2.45) is 5.73 Å². The lowest BCUT2D eigenvalue weighted by Gasteiger charge is -2.08. The van der Waals surface area contributed by atoms with Crippen molar-refractivity contribution in [3.8, 4) is 0 Å². The van der Waals surface area contributed by atoms with Gasteiger partial charge in [0.05, 0.1) is 22.6 Å². The summed E-state index contributed by atoms with van der Waals surface area (Å²) in [5.74, 6) is -0.998. The number of aromatic nitrogens is 3. The molecule has 0 aliphatic heterocycles. The number of nitrogens with one attached hydrogen (secondary N) is 1. The summed E-state index contributed by atoms with van der Waals surface area (Å²) in [7, 11) is 0. The first-order valence-corrected chi connectivity index (χ1v) is 8.79. The van der Waals surface area contributed by atoms with Crippen molar-refractivity contribution in [2.45, 2.75) is 32.9 Å². The fourth-order valence-electron chi connectivity index (χ4n) is 2.49. The number of rotatable bonds is 5. The van der Waals surface area contributed by atoms with Crippen molar-refractivity contribution in [3.05, 3.63) is 45.3 Å². The molecule has 0 unspecified atom stereocenters. The fraction of sp³-hybridized carbons (Fsp3) is 0.312. The first-order chi connectivity index (χ1) is 11.9. The van der Waals surface area contributed by atoms with Crippen molar-refractivity contribution in [1.82, 2.24) is 15.0 Å². The van der Waals surface area contributed by atoms with Gasteiger partial charge >= 0.3 is 0 Å². The van der Waals surface area contributed by atoms with Crippen molar-refractivity contribution in [2.75, 3.05) is 5.32 Å². The SMILES string of the molecule is Cc1c(C[C@H](C)N)sc2c(NCc3c(F)cncc3F)nc(Cl)nc12.Cl.Cl. The molecule has 0 aliphatic carbocycles. The lowest BCUT2D eigenvalue weighted by Crippen LogP contribution is -2.17. The van der Waals surface area contributed by atoms with Crippen LogP contribution < -0.4 is 11.1 Å². The minimum absolute atomic E-state index is 0. The summed E-state index contributed by atoms with van der Waals surface area (Å²) in [4.78, 5) is 13.0. The van der Waals surface area contributed by atoms with Crippen LogP contribution in [0.4, 0.5) is 14.6 Å². The van der Waals surface area contributed by atoms with Crippen LogP contribution >= 0.6 is 47.8 Å². The molecule has 1 atom stereocenters. The maximum atomic E-state index is 13.7. The van der Waals surface area contributed by atoms with E-state index in [1.807, 2.05) is 13.8 Å². The van der Waals surface area contributed by atoms with Gasteiger partial charge in [-0.15, -0.1) is 36.2 Å². The molecule has 3 heterocycles. The number of aryl methyl sites for hydroxylation is 1. The quantitative estimate of drug-likeness (QED) is 0.546. The van der Waals surface area contributed by atoms with Gasteiger partial charge in [0.15, 0.2) is 0 Å². The van der Waals surface area contributed by atoms with Crippen LogP contribution in [0.5, 0.6) is 0 Å². The molecule has 5 nitrogen and oxygen atoms in total. The van der Waals surface area contributed by atoms with Gasteiger partial charge in [-0.3, -0.25) is 4.98 Å². The van der Waals surface area contributed by atoms with Gasteiger partial charge in [-0.2, -0.15) is 4.98 Å². The summed E-state index contributed by atoms with van der Waals surface area (Å²) in [6, 6.07) is 0.00612. The molecule has 3 N–H and O–H groups in total. The predicted molar refractivity (Wildman–Crippen MR) is 110 cm³/mol. The molecule has 3 aromatic rings. The lowest BCUT2D eigenvalue weighted by atomic mass is 10.1. The third-order valence-electron chi connectivity index (χ3n) is 3.73. The first kappa shape index (κ1) is 23.7. The normalized spacial score (nSPS) is 11.6. The van der Waals surface area contributed by atoms with E-state index in [1.54, 1.807) is 0 Å². The average Bonchev–Trinajstić information content (AvgIpc) is 2.83. The Hall–Kier alpha value is -1.32. The smallest absolute Gasteiger partial charge is 0.224 e. The van der Waals surface area contributed by atoms with Gasteiger partial charge in [0.1, 0.15) is 17.5 Å². The largest absolute Gasteiger partial charge is 0.364 e. The Labute approximate surface area is 176 Å². The molecule has 0 spiro atoms. The molecule has 0 bridgehead atoms. The van der Waals surface area contributed by atoms with Crippen molar-refractivity contribution in [3.63, 3.8) is 0 Å². The van der Waals surface area contributed by atoms with Crippen molar-refractivity contribution >= 4 is 63.8 Å². The molecule has 0 fully saturated rings. The second kappa shape index (κ2) is 9.75. The Bertz CT molecular complexity index is 916. The molecule has 0 aliphatic rings. The molecule has 3 rings (SSSR count). The van der Waals surface area contributed by atoms with Crippen LogP contribution in [0.2, 0.25) is 5.28 Å². The van der Waals surface area contributed by atoms with Gasteiger partial charge in [0.25, 0.3) is 0 Å². The van der Waals surface area contributed by atoms with Crippen LogP contribution in [0.25, 0.3) is 10.2 Å². The van der Waals surface area contributed by atoms with Crippen molar-refractivity contribution < 1.29 is 8.78 Å². The summed E-state index contributed by atoms with van der Waals surface area (Å²) in [6.07, 6.45) is 2.65. The highest BCUT2D eigenvalue weighted by Gasteiger charge is 2.17. The van der Waals surface area contributed by atoms with Gasteiger partial charge in [-0.05, 0) is 37.4 Å². The molecule has 148 valence electrons. The van der Waals surface area contributed by atoms with Gasteiger partial charge < -0.3 is 11.1 Å². The molecule has 3 aromatic heterocycles. The zero-order valence-corrected chi connectivity index (χ0v) is 17.6. The van der Waals surface area contributed by atoms with Crippen LogP contribution in [0.15, 0.2) is 12.4 Å². The minimum Gasteiger partial charge on any atom is -0.364 e. The predicted octanol–water partition coefficient (Wildman–Crippen LogP) is 4.67. The van der Waals surface area contributed by atoms with Crippen LogP contribution in [0.1, 0.15) is 22.9 Å². The molecule has 0 amide bonds. The molecule has 0 aromatic carbocycles. The third kappa shape index (κ3) is 5.14. The van der Waals surface area contributed by atoms with E-state index in [1.165, 1.54) is 11.3 Å². The van der Waals surface area contributed by atoms with E-state index in [0.29, 0.717) is 12.2 Å². The van der Waals surface area contributed by atoms with E-state index in [9.17, 15) is 8.78 Å². The molecule has 0 saturated carbocycles. The van der Waals surface area contributed by atoms with E-state index in [2.05, 4.69) is 20.3 Å². The topological polar surface area (TPSA) is 76.7 Å². The zero-order valence-electron chi connectivity index (χ0n) is 14.4. The van der Waals surface area contributed by atoms with E-state index >= 15 is 0 Å². The van der Waals surface area contributed by atoms with Gasteiger partial charge in [-0.25, -0.2) is 13.8 Å². The maximum Gasteiger partial charge on any atom is 0.224 e. The maximum absolute atomic E-state index is 13.7. The number of nitrogens with zero attached hydrogens (tertiary/aromatic N) is 3. The summed E-state index contributed by atoms with van der Waals surface area (Å²) in [5.41, 5.74) is 7.49. The van der Waals surface area contributed by atoms with E-state index in [4.69, 9.17) is 17.3 Å². The number of anilines is 1. The van der Waals surface area contributed by atoms with E-state index < -0.39 is 11.6 Å². The highest BCUT2D eigenvalue weighted by atomic mass is 35.5. The zero-order chi connectivity index (χ0) is 18.1.